The molecule has 2 bridgehead atoms. The number of amides is 3. The van der Waals surface area contributed by atoms with Crippen LogP contribution in [0.1, 0.15) is 178 Å². The number of Topliss-reactive ketones (excluding diaryl/α,β-unsaturated/α-hetero) is 1. The highest BCUT2D eigenvalue weighted by atomic mass is 16.6. The molecular weight excluding hydrogens is 1480 g/mol. The minimum absolute atomic E-state index is 0.0152. The van der Waals surface area contributed by atoms with E-state index in [4.69, 9.17) is 48.5 Å². The van der Waals surface area contributed by atoms with Gasteiger partial charge in [-0.3, -0.25) is 43.3 Å². The summed E-state index contributed by atoms with van der Waals surface area (Å²) < 4.78 is 44.7. The molecule has 0 unspecified atom stereocenters. The summed E-state index contributed by atoms with van der Waals surface area (Å²) in [4.78, 5) is 172. The first kappa shape index (κ1) is 85.5. The average molecular weight is 1580 g/mol. The fraction of sp³-hybridized carbons (Fsp3) is 0.429. The first-order chi connectivity index (χ1) is 54.5. The van der Waals surface area contributed by atoms with E-state index in [2.05, 4.69) is 46.1 Å². The van der Waals surface area contributed by atoms with Crippen molar-refractivity contribution in [2.75, 3.05) is 18.9 Å². The smallest absolute Gasteiger partial charge is 0.373 e. The molecule has 1 saturated heterocycles. The number of rotatable bonds is 29. The Bertz CT molecular complexity index is 4950. The Morgan fingerprint density at radius 1 is 0.783 bits per heavy atom. The number of carbonyl (C=O) groups excluding carboxylic acids is 11. The zero-order valence-electron chi connectivity index (χ0n) is 65.5. The number of hydrogen-bond donors (Lipinski definition) is 7. The molecule has 3 aromatic heterocycles. The van der Waals surface area contributed by atoms with E-state index < -0.39 is 149 Å². The molecule has 11 rings (SSSR count). The molecule has 1 aliphatic heterocycles. The van der Waals surface area contributed by atoms with Gasteiger partial charge in [-0.1, -0.05) is 105 Å². The molecule has 4 aliphatic rings. The van der Waals surface area contributed by atoms with Crippen molar-refractivity contribution < 1.29 is 96.1 Å². The number of ketones is 1. The quantitative estimate of drug-likeness (QED) is 0.0108. The predicted octanol–water partition coefficient (Wildman–Crippen LogP) is 6.93. The van der Waals surface area contributed by atoms with Crippen molar-refractivity contribution in [3.63, 3.8) is 0 Å². The van der Waals surface area contributed by atoms with Gasteiger partial charge in [0, 0.05) is 49.8 Å². The van der Waals surface area contributed by atoms with Crippen LogP contribution in [0.3, 0.4) is 0 Å². The lowest BCUT2D eigenvalue weighted by Crippen LogP contribution is -2.82. The molecule has 115 heavy (non-hydrogen) atoms. The Kier molecular flexibility index (Phi) is 26.8. The van der Waals surface area contributed by atoms with Crippen LogP contribution in [0, 0.1) is 18.3 Å². The minimum atomic E-state index is -2.59. The van der Waals surface area contributed by atoms with Crippen LogP contribution in [-0.2, 0) is 97.3 Å². The SMILES string of the molecule is CC(=O)O[C@H]1C(=O)[C@]2(OC(=O)C/C=C/C(C)(C)OC(C)(C)CCc3nnc(CNC(=O)CCCNC(=O)c4ccc(CCc5cnc6nc(N)[nH]c(=O)c6n5)cc4)cc3C)CC[C@H]3OC[C@@]3(OC(C)=O)[C@H]2[C@H](OC(=O)c2ccccc2)[C@]2(O)C[C@H](OC(=O)[C@H](O)[C@@H](NC(=O)c3ccccc3)c3ccccc3)C(C)=C1C2(C)C.O=C=O. The number of nitrogens with two attached hydrogens (primary N) is 1. The second-order valence-electron chi connectivity index (χ2n) is 30.7. The van der Waals surface area contributed by atoms with Crippen molar-refractivity contribution in [3.8, 4) is 0 Å². The molecule has 7 aromatic rings. The fourth-order valence-electron chi connectivity index (χ4n) is 15.8. The Hall–Kier alpha value is -11.9. The molecule has 3 aliphatic carbocycles. The number of fused-ring (bicyclic) bond motifs is 6. The number of carbonyl (C=O) groups is 9. The molecule has 10 atom stereocenters. The summed E-state index contributed by atoms with van der Waals surface area (Å²) in [6, 6.07) is 31.5. The van der Waals surface area contributed by atoms with Crippen LogP contribution in [0.4, 0.5) is 5.95 Å². The van der Waals surface area contributed by atoms with Crippen LogP contribution in [0.25, 0.3) is 11.2 Å². The minimum Gasteiger partial charge on any atom is -0.456 e. The maximum absolute atomic E-state index is 16.6. The molecule has 4 aromatic carbocycles. The van der Waals surface area contributed by atoms with Gasteiger partial charge in [0.1, 0.15) is 23.9 Å². The van der Waals surface area contributed by atoms with Gasteiger partial charge < -0.3 is 65.1 Å². The van der Waals surface area contributed by atoms with Crippen molar-refractivity contribution in [1.82, 2.24) is 46.1 Å². The highest BCUT2D eigenvalue weighted by molar-refractivity contribution is 5.99. The Morgan fingerprint density at radius 3 is 2.07 bits per heavy atom. The van der Waals surface area contributed by atoms with Crippen molar-refractivity contribution in [2.24, 2.45) is 11.3 Å². The monoisotopic (exact) mass is 1580 g/mol. The number of H-pyrrole nitrogens is 1. The van der Waals surface area contributed by atoms with Gasteiger partial charge in [0.05, 0.1) is 71.6 Å². The Labute approximate surface area is 662 Å². The van der Waals surface area contributed by atoms with Crippen LogP contribution < -0.4 is 27.2 Å². The number of aliphatic hydroxyl groups is 2. The number of anilines is 1. The van der Waals surface area contributed by atoms with Crippen LogP contribution in [0.2, 0.25) is 0 Å². The fourth-order valence-corrected chi connectivity index (χ4v) is 15.8. The van der Waals surface area contributed by atoms with Gasteiger partial charge in [-0.2, -0.15) is 24.8 Å². The average Bonchev–Trinajstić information content (AvgIpc) is 0.669. The molecule has 31 heteroatoms. The number of aryl methyl sites for hydroxylation is 4. The summed E-state index contributed by atoms with van der Waals surface area (Å²) in [5.41, 5.74) is -0.965. The van der Waals surface area contributed by atoms with Gasteiger partial charge in [0.2, 0.25) is 17.6 Å². The molecular formula is C84H94N10O21. The molecule has 606 valence electrons. The van der Waals surface area contributed by atoms with Gasteiger partial charge in [-0.15, -0.1) is 0 Å². The summed E-state index contributed by atoms with van der Waals surface area (Å²) >= 11 is 0. The van der Waals surface area contributed by atoms with Crippen LogP contribution in [0.5, 0.6) is 0 Å². The third-order valence-corrected chi connectivity index (χ3v) is 21.3. The van der Waals surface area contributed by atoms with E-state index in [1.165, 1.54) is 39.0 Å². The van der Waals surface area contributed by atoms with E-state index in [1.807, 2.05) is 39.0 Å². The number of ether oxygens (including phenoxy) is 7. The summed E-state index contributed by atoms with van der Waals surface area (Å²) in [7, 11) is 0. The van der Waals surface area contributed by atoms with E-state index in [-0.39, 0.29) is 83.3 Å². The zero-order valence-corrected chi connectivity index (χ0v) is 65.5. The van der Waals surface area contributed by atoms with Gasteiger partial charge in [-0.05, 0) is 157 Å². The summed E-state index contributed by atoms with van der Waals surface area (Å²) in [6.45, 7) is 15.9. The number of aromatic nitrogens is 6. The maximum atomic E-state index is 16.6. The van der Waals surface area contributed by atoms with Crippen molar-refractivity contribution in [2.45, 2.75) is 205 Å². The van der Waals surface area contributed by atoms with Gasteiger partial charge >= 0.3 is 36.0 Å². The molecule has 8 N–H and O–H groups in total. The lowest BCUT2D eigenvalue weighted by molar-refractivity contribution is -0.342. The van der Waals surface area contributed by atoms with Crippen LogP contribution >= 0.6 is 0 Å². The maximum Gasteiger partial charge on any atom is 0.373 e. The Morgan fingerprint density at radius 2 is 1.43 bits per heavy atom. The van der Waals surface area contributed by atoms with Crippen molar-refractivity contribution in [3.05, 3.63) is 212 Å². The normalized spacial score (nSPS) is 21.9. The first-order valence-electron chi connectivity index (χ1n) is 37.6. The highest BCUT2D eigenvalue weighted by Crippen LogP contribution is 2.63. The van der Waals surface area contributed by atoms with Gasteiger partial charge in [-0.25, -0.2) is 19.6 Å². The van der Waals surface area contributed by atoms with E-state index in [1.54, 1.807) is 117 Å². The Balaban J connectivity index is 0.00000459. The summed E-state index contributed by atoms with van der Waals surface area (Å²) in [5.74, 6) is -9.34. The molecule has 0 radical (unpaired) electrons. The third-order valence-electron chi connectivity index (χ3n) is 21.3. The highest BCUT2D eigenvalue weighted by Gasteiger charge is 2.79. The molecule has 3 fully saturated rings. The lowest BCUT2D eigenvalue weighted by atomic mass is 9.48. The van der Waals surface area contributed by atoms with E-state index in [0.717, 1.165) is 25.0 Å². The molecule has 31 nitrogen and oxygen atoms in total. The number of nitrogen functional groups attached to an aromatic ring is 1. The largest absolute Gasteiger partial charge is 0.456 e. The topological polar surface area (TPSA) is 452 Å². The lowest BCUT2D eigenvalue weighted by Gasteiger charge is -2.66. The van der Waals surface area contributed by atoms with Gasteiger partial charge in [0.15, 0.2) is 34.6 Å². The van der Waals surface area contributed by atoms with E-state index >= 15 is 9.59 Å². The molecule has 0 spiro atoms. The standard InChI is InChI=1S/C83H94N10O19.CO2/c1-47-42-57(45-86-61(96)28-21-41-85-72(100)54-33-30-51(31-34-54)32-35-56-44-87-71-65(88-56)74(102)91-77(84)90-71)92-93-58(47)36-39-79(7,8)112-78(5,6)38-20-29-62(97)111-81-40-37-60-82(46-106-60,110-50(4)95)68(81)70(109-75(103)55-26-18-13-19-27-55)83(105)43-59(48(2)63(80(83,9)10)67(69(81)99)107-49(3)94)108-76(104)66(98)64(52-22-14-11-15-23-52)89-73(101)53-24-16-12-17-25-53;2-1-3/h11-20,22-27,30-31,33-34,38,42,44,59-60,64,66-68,70,98,105H,21,28-29,32,35-37,39-41,43,45-46H2,1-10H3,(H,85,100)(H,86,96)(H,89,101)(H3,84,87,90,91,102);/b38-20+;/t59-,60+,64-,66+,67+,68-,70-,81-,82-,83+;/m0./s1. The molecule has 3 amide bonds. The number of benzene rings is 4. The number of aromatic amines is 1. The summed E-state index contributed by atoms with van der Waals surface area (Å²) in [6.07, 6.45) is -3.15. The second-order valence-corrected chi connectivity index (χ2v) is 30.7. The van der Waals surface area contributed by atoms with Crippen molar-refractivity contribution >= 4 is 76.6 Å². The molecule has 2 saturated carbocycles. The van der Waals surface area contributed by atoms with Gasteiger partial charge in [0.25, 0.3) is 17.4 Å². The van der Waals surface area contributed by atoms with Crippen molar-refractivity contribution in [1.29, 1.82) is 0 Å². The number of nitrogens with zero attached hydrogens (tertiary/aromatic N) is 5. The van der Waals surface area contributed by atoms with E-state index in [0.29, 0.717) is 60.3 Å². The van der Waals surface area contributed by atoms with Crippen LogP contribution in [-0.4, -0.2) is 172 Å². The zero-order chi connectivity index (χ0) is 83.4. The number of aliphatic hydroxyl groups excluding tert-OH is 1. The predicted molar refractivity (Wildman–Crippen MR) is 410 cm³/mol. The number of nitrogens with one attached hydrogen (secondary N) is 4. The third kappa shape index (κ3) is 19.7. The van der Waals surface area contributed by atoms with Crippen LogP contribution in [0.15, 0.2) is 156 Å². The number of esters is 5. The van der Waals surface area contributed by atoms with E-state index in [9.17, 15) is 48.6 Å². The first-order valence-corrected chi connectivity index (χ1v) is 37.6. The second kappa shape index (κ2) is 36.1. The molecule has 4 heterocycles. The summed E-state index contributed by atoms with van der Waals surface area (Å²) in [5, 5.41) is 43.8. The number of hydrogen-bond acceptors (Lipinski definition) is 27.